The monoisotopic (exact) mass is 326 g/mol. The first-order valence-corrected chi connectivity index (χ1v) is 9.16. The minimum atomic E-state index is 0.639. The first kappa shape index (κ1) is 14.8. The van der Waals surface area contributed by atoms with Crippen molar-refractivity contribution in [1.82, 2.24) is 19.7 Å². The zero-order valence-corrected chi connectivity index (χ0v) is 14.3. The maximum Gasteiger partial charge on any atom is 0.0970 e. The number of benzene rings is 1. The first-order chi connectivity index (χ1) is 11.3. The number of hydrogen-bond donors (Lipinski definition) is 0. The Hall–Kier alpha value is -1.72. The van der Waals surface area contributed by atoms with E-state index in [2.05, 4.69) is 40.3 Å². The van der Waals surface area contributed by atoms with Gasteiger partial charge < -0.3 is 4.90 Å². The van der Waals surface area contributed by atoms with Gasteiger partial charge in [-0.15, -0.1) is 11.3 Å². The van der Waals surface area contributed by atoms with Crippen LogP contribution in [0.1, 0.15) is 29.5 Å². The molecule has 4 rings (SSSR count). The molecule has 1 aliphatic rings. The summed E-state index contributed by atoms with van der Waals surface area (Å²) in [5.41, 5.74) is 2.48. The summed E-state index contributed by atoms with van der Waals surface area (Å²) in [5, 5.41) is 5.58. The molecule has 0 amide bonds. The number of thiazole rings is 1. The Labute approximate surface area is 140 Å². The lowest BCUT2D eigenvalue weighted by Gasteiger charge is -2.30. The molecule has 23 heavy (non-hydrogen) atoms. The quantitative estimate of drug-likeness (QED) is 0.736. The van der Waals surface area contributed by atoms with Crippen molar-refractivity contribution in [2.75, 3.05) is 19.6 Å². The van der Waals surface area contributed by atoms with E-state index in [0.717, 1.165) is 18.5 Å². The van der Waals surface area contributed by atoms with Crippen LogP contribution in [0.25, 0.3) is 10.2 Å². The number of nitrogens with zero attached hydrogens (tertiary/aromatic N) is 4. The lowest BCUT2D eigenvalue weighted by atomic mass is 9.97. The predicted octanol–water partition coefficient (Wildman–Crippen LogP) is 3.45. The Morgan fingerprint density at radius 2 is 2.00 bits per heavy atom. The Kier molecular flexibility index (Phi) is 4.14. The Balaban J connectivity index is 1.34. The van der Waals surface area contributed by atoms with Crippen LogP contribution < -0.4 is 0 Å². The number of aryl methyl sites for hydroxylation is 1. The molecule has 0 saturated carbocycles. The Morgan fingerprint density at radius 3 is 2.74 bits per heavy atom. The number of likely N-dealkylation sites (tertiary alicyclic amines) is 1. The molecule has 1 fully saturated rings. The van der Waals surface area contributed by atoms with E-state index in [0.29, 0.717) is 5.92 Å². The fraction of sp³-hybridized carbons (Fsp3) is 0.444. The van der Waals surface area contributed by atoms with Crippen molar-refractivity contribution < 1.29 is 0 Å². The lowest BCUT2D eigenvalue weighted by molar-refractivity contribution is 0.213. The van der Waals surface area contributed by atoms with Gasteiger partial charge in [-0.25, -0.2) is 4.98 Å². The maximum absolute atomic E-state index is 4.85. The Morgan fingerprint density at radius 1 is 1.17 bits per heavy atom. The molecule has 0 unspecified atom stereocenters. The van der Waals surface area contributed by atoms with Crippen LogP contribution in [-0.2, 0) is 13.5 Å². The molecule has 4 nitrogen and oxygen atoms in total. The summed E-state index contributed by atoms with van der Waals surface area (Å²) in [6.07, 6.45) is 5.42. The minimum Gasteiger partial charge on any atom is -0.303 e. The largest absolute Gasteiger partial charge is 0.303 e. The highest BCUT2D eigenvalue weighted by Gasteiger charge is 2.23. The van der Waals surface area contributed by atoms with Gasteiger partial charge in [0.15, 0.2) is 0 Å². The predicted molar refractivity (Wildman–Crippen MR) is 94.9 cm³/mol. The number of hydrogen-bond acceptors (Lipinski definition) is 4. The number of fused-ring (bicyclic) bond motifs is 1. The molecule has 0 atom stereocenters. The SMILES string of the molecule is Cn1nccc1CCN1CCC(c2nc3ccccc3s2)CC1. The number of para-hydroxylation sites is 1. The molecule has 120 valence electrons. The normalized spacial score (nSPS) is 17.1. The second-order valence-corrected chi connectivity index (χ2v) is 7.39. The summed E-state index contributed by atoms with van der Waals surface area (Å²) in [7, 11) is 2.02. The van der Waals surface area contributed by atoms with Crippen molar-refractivity contribution in [3.8, 4) is 0 Å². The zero-order chi connectivity index (χ0) is 15.6. The van der Waals surface area contributed by atoms with Crippen molar-refractivity contribution >= 4 is 21.6 Å². The standard InChI is InChI=1S/C18H22N4S/c1-21-15(6-10-19-21)9-13-22-11-7-14(8-12-22)18-20-16-4-2-3-5-17(16)23-18/h2-6,10,14H,7-9,11-13H2,1H3. The Bertz CT molecular complexity index is 750. The van der Waals surface area contributed by atoms with Crippen molar-refractivity contribution in [2.24, 2.45) is 7.05 Å². The molecule has 0 spiro atoms. The highest BCUT2D eigenvalue weighted by atomic mass is 32.1. The summed E-state index contributed by atoms with van der Waals surface area (Å²) in [5.74, 6) is 0.639. The van der Waals surface area contributed by atoms with Crippen molar-refractivity contribution in [1.29, 1.82) is 0 Å². The molecule has 3 aromatic rings. The van der Waals surface area contributed by atoms with Crippen LogP contribution in [0.3, 0.4) is 0 Å². The fourth-order valence-corrected chi connectivity index (χ4v) is 4.52. The summed E-state index contributed by atoms with van der Waals surface area (Å²) >= 11 is 1.88. The molecule has 1 saturated heterocycles. The summed E-state index contributed by atoms with van der Waals surface area (Å²) < 4.78 is 3.30. The molecular formula is C18H22N4S. The van der Waals surface area contributed by atoms with Gasteiger partial charge in [0, 0.05) is 37.8 Å². The third kappa shape index (κ3) is 3.16. The second kappa shape index (κ2) is 6.42. The number of piperidine rings is 1. The average Bonchev–Trinajstić information content (AvgIpc) is 3.19. The topological polar surface area (TPSA) is 34.0 Å². The van der Waals surface area contributed by atoms with Crippen LogP contribution in [0.2, 0.25) is 0 Å². The molecule has 3 heterocycles. The van der Waals surface area contributed by atoms with Gasteiger partial charge in [-0.3, -0.25) is 4.68 Å². The number of aromatic nitrogens is 3. The number of rotatable bonds is 4. The van der Waals surface area contributed by atoms with Gasteiger partial charge in [0.1, 0.15) is 0 Å². The van der Waals surface area contributed by atoms with Gasteiger partial charge in [0.05, 0.1) is 15.2 Å². The first-order valence-electron chi connectivity index (χ1n) is 8.34. The van der Waals surface area contributed by atoms with Gasteiger partial charge in [-0.05, 0) is 44.1 Å². The highest BCUT2D eigenvalue weighted by Crippen LogP contribution is 2.33. The maximum atomic E-state index is 4.85. The van der Waals surface area contributed by atoms with Gasteiger partial charge in [0.25, 0.3) is 0 Å². The summed E-state index contributed by atoms with van der Waals surface area (Å²) in [6.45, 7) is 3.49. The van der Waals surface area contributed by atoms with Crippen molar-refractivity contribution in [3.05, 3.63) is 47.2 Å². The zero-order valence-electron chi connectivity index (χ0n) is 13.5. The highest BCUT2D eigenvalue weighted by molar-refractivity contribution is 7.18. The summed E-state index contributed by atoms with van der Waals surface area (Å²) in [4.78, 5) is 7.43. The van der Waals surface area contributed by atoms with E-state index in [1.807, 2.05) is 29.3 Å². The third-order valence-electron chi connectivity index (χ3n) is 4.85. The second-order valence-electron chi connectivity index (χ2n) is 6.33. The molecular weight excluding hydrogens is 304 g/mol. The van der Waals surface area contributed by atoms with Crippen LogP contribution in [0.4, 0.5) is 0 Å². The van der Waals surface area contributed by atoms with Crippen LogP contribution in [0.5, 0.6) is 0 Å². The van der Waals surface area contributed by atoms with Gasteiger partial charge in [-0.1, -0.05) is 12.1 Å². The van der Waals surface area contributed by atoms with Crippen LogP contribution in [-0.4, -0.2) is 39.3 Å². The summed E-state index contributed by atoms with van der Waals surface area (Å²) in [6, 6.07) is 10.6. The molecule has 0 radical (unpaired) electrons. The van der Waals surface area contributed by atoms with Crippen molar-refractivity contribution in [2.45, 2.75) is 25.2 Å². The molecule has 1 aromatic carbocycles. The fourth-order valence-electron chi connectivity index (χ4n) is 3.39. The van der Waals surface area contributed by atoms with Crippen LogP contribution in [0.15, 0.2) is 36.5 Å². The molecule has 1 aliphatic heterocycles. The van der Waals surface area contributed by atoms with Crippen LogP contribution >= 0.6 is 11.3 Å². The van der Waals surface area contributed by atoms with Gasteiger partial charge >= 0.3 is 0 Å². The van der Waals surface area contributed by atoms with E-state index in [9.17, 15) is 0 Å². The smallest absolute Gasteiger partial charge is 0.0970 e. The van der Waals surface area contributed by atoms with Gasteiger partial charge in [0.2, 0.25) is 0 Å². The van der Waals surface area contributed by atoms with E-state index in [4.69, 9.17) is 4.98 Å². The van der Waals surface area contributed by atoms with Gasteiger partial charge in [-0.2, -0.15) is 5.10 Å². The molecule has 0 bridgehead atoms. The molecule has 0 aliphatic carbocycles. The van der Waals surface area contributed by atoms with E-state index in [1.165, 1.54) is 41.3 Å². The van der Waals surface area contributed by atoms with Crippen molar-refractivity contribution in [3.63, 3.8) is 0 Å². The van der Waals surface area contributed by atoms with E-state index >= 15 is 0 Å². The van der Waals surface area contributed by atoms with Crippen LogP contribution in [0, 0.1) is 0 Å². The van der Waals surface area contributed by atoms with E-state index in [-0.39, 0.29) is 0 Å². The average molecular weight is 326 g/mol. The minimum absolute atomic E-state index is 0.639. The van der Waals surface area contributed by atoms with E-state index in [1.54, 1.807) is 0 Å². The molecule has 0 N–H and O–H groups in total. The molecule has 5 heteroatoms. The van der Waals surface area contributed by atoms with E-state index < -0.39 is 0 Å². The third-order valence-corrected chi connectivity index (χ3v) is 6.05. The molecule has 2 aromatic heterocycles. The lowest BCUT2D eigenvalue weighted by Crippen LogP contribution is -2.34.